The molecule has 0 N–H and O–H groups in total. The molecule has 0 saturated carbocycles. The van der Waals surface area contributed by atoms with Crippen molar-refractivity contribution in [3.63, 3.8) is 0 Å². The van der Waals surface area contributed by atoms with Gasteiger partial charge in [0.05, 0.1) is 6.61 Å². The minimum absolute atomic E-state index is 0.444. The summed E-state index contributed by atoms with van der Waals surface area (Å²) < 4.78 is 5.16. The average molecular weight is 306 g/mol. The highest BCUT2D eigenvalue weighted by Gasteiger charge is 2.21. The smallest absolute Gasteiger partial charge is 0.225 e. The lowest BCUT2D eigenvalue weighted by Gasteiger charge is -2.33. The Morgan fingerprint density at radius 3 is 2.73 bits per heavy atom. The summed E-state index contributed by atoms with van der Waals surface area (Å²) in [4.78, 5) is 13.8. The first-order valence-corrected chi connectivity index (χ1v) is 8.35. The maximum Gasteiger partial charge on any atom is 0.225 e. The number of piperidine rings is 1. The van der Waals surface area contributed by atoms with Gasteiger partial charge in [-0.25, -0.2) is 9.97 Å². The van der Waals surface area contributed by atoms with Gasteiger partial charge in [0, 0.05) is 39.1 Å². The lowest BCUT2D eigenvalue weighted by atomic mass is 9.96. The van der Waals surface area contributed by atoms with Crippen molar-refractivity contribution in [3.05, 3.63) is 18.0 Å². The molecule has 0 spiro atoms. The van der Waals surface area contributed by atoms with E-state index in [0.717, 1.165) is 37.3 Å². The van der Waals surface area contributed by atoms with E-state index in [4.69, 9.17) is 4.74 Å². The Hall–Kier alpha value is -1.20. The Labute approximate surface area is 134 Å². The quantitative estimate of drug-likeness (QED) is 0.774. The van der Waals surface area contributed by atoms with Gasteiger partial charge in [0.15, 0.2) is 0 Å². The van der Waals surface area contributed by atoms with Gasteiger partial charge in [0.25, 0.3) is 0 Å². The third-order valence-electron chi connectivity index (χ3n) is 4.45. The molecule has 1 aliphatic rings. The zero-order chi connectivity index (χ0) is 15.9. The van der Waals surface area contributed by atoms with Crippen molar-refractivity contribution in [2.24, 2.45) is 5.92 Å². The first-order valence-electron chi connectivity index (χ1n) is 8.35. The molecule has 1 aliphatic heterocycles. The zero-order valence-electron chi connectivity index (χ0n) is 14.5. The van der Waals surface area contributed by atoms with Crippen molar-refractivity contribution in [1.82, 2.24) is 14.9 Å². The fourth-order valence-corrected chi connectivity index (χ4v) is 2.95. The number of nitrogens with zero attached hydrogens (tertiary/aromatic N) is 4. The predicted octanol–water partition coefficient (Wildman–Crippen LogP) is 2.39. The zero-order valence-corrected chi connectivity index (χ0v) is 14.5. The number of aromatic nitrogens is 2. The van der Waals surface area contributed by atoms with Crippen LogP contribution < -0.4 is 4.90 Å². The van der Waals surface area contributed by atoms with Gasteiger partial charge < -0.3 is 14.5 Å². The van der Waals surface area contributed by atoms with Gasteiger partial charge in [0.1, 0.15) is 0 Å². The van der Waals surface area contributed by atoms with Gasteiger partial charge in [-0.2, -0.15) is 0 Å². The minimum atomic E-state index is 0.444. The van der Waals surface area contributed by atoms with Crippen molar-refractivity contribution < 1.29 is 4.74 Å². The van der Waals surface area contributed by atoms with Crippen LogP contribution in [-0.4, -0.2) is 61.8 Å². The number of hydrogen-bond donors (Lipinski definition) is 0. The van der Waals surface area contributed by atoms with Crippen LogP contribution in [0.1, 0.15) is 38.3 Å². The summed E-state index contributed by atoms with van der Waals surface area (Å²) in [5, 5.41) is 0. The standard InChI is InChI=1S/C17H30N4O/c1-14(2)16-5-8-18-17(19-16)20(3)13-15-6-9-21(10-7-15)11-12-22-4/h5,8,14-15H,6-7,9-13H2,1-4H3. The summed E-state index contributed by atoms with van der Waals surface area (Å²) in [5.74, 6) is 2.03. The Kier molecular flexibility index (Phi) is 6.58. The van der Waals surface area contributed by atoms with Crippen molar-refractivity contribution >= 4 is 5.95 Å². The van der Waals surface area contributed by atoms with Crippen LogP contribution in [0.4, 0.5) is 5.95 Å². The molecule has 2 heterocycles. The monoisotopic (exact) mass is 306 g/mol. The second-order valence-corrected chi connectivity index (χ2v) is 6.59. The summed E-state index contributed by atoms with van der Waals surface area (Å²) in [7, 11) is 3.88. The van der Waals surface area contributed by atoms with E-state index in [1.165, 1.54) is 25.9 Å². The van der Waals surface area contributed by atoms with Gasteiger partial charge >= 0.3 is 0 Å². The molecule has 1 aromatic heterocycles. The molecule has 0 amide bonds. The molecule has 0 unspecified atom stereocenters. The molecule has 0 aromatic carbocycles. The maximum atomic E-state index is 5.16. The van der Waals surface area contributed by atoms with E-state index >= 15 is 0 Å². The second kappa shape index (κ2) is 8.44. The highest BCUT2D eigenvalue weighted by Crippen LogP contribution is 2.20. The van der Waals surface area contributed by atoms with Crippen LogP contribution in [0, 0.1) is 5.92 Å². The summed E-state index contributed by atoms with van der Waals surface area (Å²) in [6.45, 7) is 9.62. The molecule has 0 radical (unpaired) electrons. The second-order valence-electron chi connectivity index (χ2n) is 6.59. The number of methoxy groups -OCH3 is 1. The molecular weight excluding hydrogens is 276 g/mol. The van der Waals surface area contributed by atoms with E-state index in [1.807, 2.05) is 12.3 Å². The van der Waals surface area contributed by atoms with Crippen molar-refractivity contribution in [1.29, 1.82) is 0 Å². The fourth-order valence-electron chi connectivity index (χ4n) is 2.95. The average Bonchev–Trinajstić information content (AvgIpc) is 2.54. The number of anilines is 1. The highest BCUT2D eigenvalue weighted by molar-refractivity contribution is 5.29. The summed E-state index contributed by atoms with van der Waals surface area (Å²) >= 11 is 0. The van der Waals surface area contributed by atoms with Gasteiger partial charge in [-0.05, 0) is 43.8 Å². The first-order chi connectivity index (χ1) is 10.6. The van der Waals surface area contributed by atoms with Gasteiger partial charge in [0.2, 0.25) is 5.95 Å². The Morgan fingerprint density at radius 1 is 1.36 bits per heavy atom. The van der Waals surface area contributed by atoms with Crippen LogP contribution in [0.2, 0.25) is 0 Å². The SMILES string of the molecule is COCCN1CCC(CN(C)c2nccc(C(C)C)n2)CC1. The number of ether oxygens (including phenoxy) is 1. The Balaban J connectivity index is 1.83. The first kappa shape index (κ1) is 17.2. The molecule has 1 saturated heterocycles. The normalized spacial score (nSPS) is 17.1. The van der Waals surface area contributed by atoms with Crippen LogP contribution in [-0.2, 0) is 4.74 Å². The maximum absolute atomic E-state index is 5.16. The highest BCUT2D eigenvalue weighted by atomic mass is 16.5. The van der Waals surface area contributed by atoms with Crippen LogP contribution in [0.5, 0.6) is 0 Å². The number of hydrogen-bond acceptors (Lipinski definition) is 5. The Bertz CT molecular complexity index is 444. The van der Waals surface area contributed by atoms with Crippen molar-refractivity contribution in [2.45, 2.75) is 32.6 Å². The molecule has 1 aromatic rings. The van der Waals surface area contributed by atoms with Gasteiger partial charge in [-0.1, -0.05) is 13.8 Å². The molecule has 22 heavy (non-hydrogen) atoms. The predicted molar refractivity (Wildman–Crippen MR) is 90.4 cm³/mol. The minimum Gasteiger partial charge on any atom is -0.383 e. The van der Waals surface area contributed by atoms with E-state index in [-0.39, 0.29) is 0 Å². The molecule has 0 bridgehead atoms. The molecule has 0 atom stereocenters. The van der Waals surface area contributed by atoms with E-state index in [1.54, 1.807) is 7.11 Å². The van der Waals surface area contributed by atoms with Gasteiger partial charge in [-0.3, -0.25) is 0 Å². The fraction of sp³-hybridized carbons (Fsp3) is 0.765. The van der Waals surface area contributed by atoms with E-state index < -0.39 is 0 Å². The summed E-state index contributed by atoms with van der Waals surface area (Å²) in [6.07, 6.45) is 4.37. The topological polar surface area (TPSA) is 41.5 Å². The summed E-state index contributed by atoms with van der Waals surface area (Å²) in [6, 6.07) is 2.01. The molecule has 124 valence electrons. The van der Waals surface area contributed by atoms with Crippen LogP contribution in [0.3, 0.4) is 0 Å². The largest absolute Gasteiger partial charge is 0.383 e. The van der Waals surface area contributed by atoms with Crippen molar-refractivity contribution in [2.75, 3.05) is 51.8 Å². The lowest BCUT2D eigenvalue weighted by molar-refractivity contribution is 0.121. The van der Waals surface area contributed by atoms with E-state index in [0.29, 0.717) is 5.92 Å². The lowest BCUT2D eigenvalue weighted by Crippen LogP contribution is -2.39. The molecule has 5 heteroatoms. The third kappa shape index (κ3) is 4.92. The molecule has 5 nitrogen and oxygen atoms in total. The molecular formula is C17H30N4O. The molecule has 2 rings (SSSR count). The Morgan fingerprint density at radius 2 is 2.09 bits per heavy atom. The van der Waals surface area contributed by atoms with E-state index in [9.17, 15) is 0 Å². The van der Waals surface area contributed by atoms with Crippen LogP contribution in [0.25, 0.3) is 0 Å². The van der Waals surface area contributed by atoms with Gasteiger partial charge in [-0.15, -0.1) is 0 Å². The summed E-state index contributed by atoms with van der Waals surface area (Å²) in [5.41, 5.74) is 1.12. The number of likely N-dealkylation sites (tertiary alicyclic amines) is 1. The van der Waals surface area contributed by atoms with Crippen molar-refractivity contribution in [3.8, 4) is 0 Å². The van der Waals surface area contributed by atoms with Crippen LogP contribution >= 0.6 is 0 Å². The molecule has 0 aliphatic carbocycles. The van der Waals surface area contributed by atoms with E-state index in [2.05, 4.69) is 40.7 Å². The number of rotatable bonds is 7. The third-order valence-corrected chi connectivity index (χ3v) is 4.45. The molecule has 1 fully saturated rings. The van der Waals surface area contributed by atoms with Crippen LogP contribution in [0.15, 0.2) is 12.3 Å².